The van der Waals surface area contributed by atoms with Crippen molar-refractivity contribution in [3.8, 4) is 0 Å². The van der Waals surface area contributed by atoms with Gasteiger partial charge in [0.15, 0.2) is 0 Å². The van der Waals surface area contributed by atoms with E-state index in [-0.39, 0.29) is 13.1 Å². The van der Waals surface area contributed by atoms with Crippen molar-refractivity contribution in [1.82, 2.24) is 10.2 Å². The molecule has 5 nitrogen and oxygen atoms in total. The minimum atomic E-state index is -1.05. The molecule has 0 fully saturated rings. The van der Waals surface area contributed by atoms with Crippen molar-refractivity contribution < 1.29 is 14.7 Å². The van der Waals surface area contributed by atoms with Crippen LogP contribution >= 0.6 is 0 Å². The fraction of sp³-hybridized carbons (Fsp3) is 0.333. The maximum absolute atomic E-state index is 11.9. The van der Waals surface area contributed by atoms with Gasteiger partial charge in [-0.2, -0.15) is 0 Å². The molecule has 0 bridgehead atoms. The molecule has 1 rings (SSSR count). The molecule has 0 aliphatic heterocycles. The number of aliphatic carboxylic acids is 1. The molecule has 0 saturated carbocycles. The van der Waals surface area contributed by atoms with E-state index < -0.39 is 12.0 Å². The summed E-state index contributed by atoms with van der Waals surface area (Å²) >= 11 is 0. The minimum Gasteiger partial charge on any atom is -0.480 e. The van der Waals surface area contributed by atoms with E-state index >= 15 is 0 Å². The summed E-state index contributed by atoms with van der Waals surface area (Å²) in [4.78, 5) is 23.9. The lowest BCUT2D eigenvalue weighted by Gasteiger charge is -2.20. The van der Waals surface area contributed by atoms with Crippen LogP contribution in [0.2, 0.25) is 0 Å². The molecular weight excluding hydrogens is 256 g/mol. The number of amides is 2. The lowest BCUT2D eigenvalue weighted by molar-refractivity contribution is -0.137. The predicted octanol–water partition coefficient (Wildman–Crippen LogP) is 2.03. The highest BCUT2D eigenvalue weighted by molar-refractivity contribution is 5.80. The molecule has 20 heavy (non-hydrogen) atoms. The zero-order valence-corrected chi connectivity index (χ0v) is 11.6. The maximum atomic E-state index is 11.9. The standard InChI is InChI=1S/C15H20N2O3/c1-3-9-17(11-14(18)19)15(20)16-10-13-8-6-5-7-12(13)4-2/h3,5-8H,1,4,9-11H2,2H3,(H,16,20)(H,18,19). The Labute approximate surface area is 118 Å². The van der Waals surface area contributed by atoms with Crippen LogP contribution in [-0.4, -0.2) is 35.1 Å². The van der Waals surface area contributed by atoms with Crippen molar-refractivity contribution in [2.75, 3.05) is 13.1 Å². The van der Waals surface area contributed by atoms with Gasteiger partial charge in [-0.1, -0.05) is 37.3 Å². The Hall–Kier alpha value is -2.30. The molecule has 108 valence electrons. The van der Waals surface area contributed by atoms with E-state index in [1.807, 2.05) is 24.3 Å². The molecule has 2 N–H and O–H groups in total. The van der Waals surface area contributed by atoms with Crippen LogP contribution in [-0.2, 0) is 17.8 Å². The maximum Gasteiger partial charge on any atom is 0.323 e. The largest absolute Gasteiger partial charge is 0.480 e. The molecule has 0 unspecified atom stereocenters. The number of carboxylic acid groups (broad SMARTS) is 1. The SMILES string of the molecule is C=CCN(CC(=O)O)C(=O)NCc1ccccc1CC. The minimum absolute atomic E-state index is 0.202. The van der Waals surface area contributed by atoms with Gasteiger partial charge in [0.05, 0.1) is 0 Å². The van der Waals surface area contributed by atoms with Crippen molar-refractivity contribution in [3.05, 3.63) is 48.0 Å². The van der Waals surface area contributed by atoms with E-state index in [2.05, 4.69) is 18.8 Å². The molecule has 1 aromatic rings. The van der Waals surface area contributed by atoms with Crippen LogP contribution < -0.4 is 5.32 Å². The number of urea groups is 1. The van der Waals surface area contributed by atoms with Gasteiger partial charge in [0.1, 0.15) is 6.54 Å². The highest BCUT2D eigenvalue weighted by Crippen LogP contribution is 2.09. The molecule has 0 aliphatic carbocycles. The molecule has 0 saturated heterocycles. The smallest absolute Gasteiger partial charge is 0.323 e. The zero-order chi connectivity index (χ0) is 15.0. The Bertz CT molecular complexity index is 486. The van der Waals surface area contributed by atoms with Crippen LogP contribution in [0.15, 0.2) is 36.9 Å². The van der Waals surface area contributed by atoms with Gasteiger partial charge in [0.2, 0.25) is 0 Å². The number of carbonyl (C=O) groups is 2. The topological polar surface area (TPSA) is 69.6 Å². The van der Waals surface area contributed by atoms with Crippen LogP contribution in [0.3, 0.4) is 0 Å². The Morgan fingerprint density at radius 3 is 2.55 bits per heavy atom. The first-order valence-electron chi connectivity index (χ1n) is 6.50. The third-order valence-corrected chi connectivity index (χ3v) is 2.89. The fourth-order valence-electron chi connectivity index (χ4n) is 1.90. The molecule has 5 heteroatoms. The molecule has 0 aromatic heterocycles. The molecule has 0 spiro atoms. The van der Waals surface area contributed by atoms with E-state index in [9.17, 15) is 9.59 Å². The Balaban J connectivity index is 2.64. The van der Waals surface area contributed by atoms with Crippen molar-refractivity contribution in [3.63, 3.8) is 0 Å². The number of nitrogens with one attached hydrogen (secondary N) is 1. The van der Waals surface area contributed by atoms with Gasteiger partial charge in [-0.15, -0.1) is 6.58 Å². The lowest BCUT2D eigenvalue weighted by atomic mass is 10.1. The second-order valence-electron chi connectivity index (χ2n) is 4.34. The third kappa shape index (κ3) is 4.76. The molecule has 0 atom stereocenters. The third-order valence-electron chi connectivity index (χ3n) is 2.89. The van der Waals surface area contributed by atoms with E-state index in [1.165, 1.54) is 16.5 Å². The predicted molar refractivity (Wildman–Crippen MR) is 77.5 cm³/mol. The Kier molecular flexibility index (Phi) is 6.29. The van der Waals surface area contributed by atoms with Gasteiger partial charge in [-0.25, -0.2) is 4.79 Å². The van der Waals surface area contributed by atoms with Crippen LogP contribution in [0.5, 0.6) is 0 Å². The Morgan fingerprint density at radius 1 is 1.35 bits per heavy atom. The van der Waals surface area contributed by atoms with Crippen LogP contribution in [0.4, 0.5) is 4.79 Å². The summed E-state index contributed by atoms with van der Waals surface area (Å²) in [5.41, 5.74) is 2.21. The first kappa shape index (κ1) is 15.8. The number of carboxylic acids is 1. The monoisotopic (exact) mass is 276 g/mol. The van der Waals surface area contributed by atoms with Gasteiger partial charge in [0.25, 0.3) is 0 Å². The fourth-order valence-corrected chi connectivity index (χ4v) is 1.90. The van der Waals surface area contributed by atoms with Gasteiger partial charge in [0, 0.05) is 13.1 Å². The van der Waals surface area contributed by atoms with Crippen LogP contribution in [0.1, 0.15) is 18.1 Å². The number of rotatable bonds is 7. The highest BCUT2D eigenvalue weighted by Gasteiger charge is 2.15. The van der Waals surface area contributed by atoms with Gasteiger partial charge in [-0.05, 0) is 17.5 Å². The molecule has 0 heterocycles. The molecule has 0 radical (unpaired) electrons. The van der Waals surface area contributed by atoms with Crippen molar-refractivity contribution in [1.29, 1.82) is 0 Å². The summed E-state index contributed by atoms with van der Waals surface area (Å²) in [5.74, 6) is -1.05. The van der Waals surface area contributed by atoms with Gasteiger partial charge >= 0.3 is 12.0 Å². The van der Waals surface area contributed by atoms with Crippen LogP contribution in [0, 0.1) is 0 Å². The summed E-state index contributed by atoms with van der Waals surface area (Å²) in [6.45, 7) is 5.82. The summed E-state index contributed by atoms with van der Waals surface area (Å²) in [6, 6.07) is 7.44. The number of hydrogen-bond acceptors (Lipinski definition) is 2. The second kappa shape index (κ2) is 7.99. The van der Waals surface area contributed by atoms with Crippen molar-refractivity contribution in [2.24, 2.45) is 0 Å². The van der Waals surface area contributed by atoms with E-state index in [4.69, 9.17) is 5.11 Å². The average Bonchev–Trinajstić information content (AvgIpc) is 2.44. The number of carbonyl (C=O) groups excluding carboxylic acids is 1. The van der Waals surface area contributed by atoms with Crippen LogP contribution in [0.25, 0.3) is 0 Å². The number of nitrogens with zero attached hydrogens (tertiary/aromatic N) is 1. The summed E-state index contributed by atoms with van der Waals surface area (Å²) in [7, 11) is 0. The molecule has 0 aliphatic rings. The quantitative estimate of drug-likeness (QED) is 0.749. The molecule has 1 aromatic carbocycles. The second-order valence-corrected chi connectivity index (χ2v) is 4.34. The number of benzene rings is 1. The normalized spacial score (nSPS) is 9.85. The summed E-state index contributed by atoms with van der Waals surface area (Å²) in [6.07, 6.45) is 2.39. The molecule has 2 amide bonds. The Morgan fingerprint density at radius 2 is 2.00 bits per heavy atom. The lowest BCUT2D eigenvalue weighted by Crippen LogP contribution is -2.42. The van der Waals surface area contributed by atoms with Gasteiger partial charge < -0.3 is 15.3 Å². The number of aryl methyl sites for hydroxylation is 1. The molecular formula is C15H20N2O3. The average molecular weight is 276 g/mol. The van der Waals surface area contributed by atoms with Gasteiger partial charge in [-0.3, -0.25) is 4.79 Å². The number of hydrogen-bond donors (Lipinski definition) is 2. The summed E-state index contributed by atoms with van der Waals surface area (Å²) < 4.78 is 0. The van der Waals surface area contributed by atoms with E-state index in [0.29, 0.717) is 6.54 Å². The van der Waals surface area contributed by atoms with Crippen molar-refractivity contribution in [2.45, 2.75) is 19.9 Å². The first-order valence-corrected chi connectivity index (χ1v) is 6.50. The van der Waals surface area contributed by atoms with E-state index in [0.717, 1.165) is 12.0 Å². The zero-order valence-electron chi connectivity index (χ0n) is 11.6. The summed E-state index contributed by atoms with van der Waals surface area (Å²) in [5, 5.41) is 11.5. The highest BCUT2D eigenvalue weighted by atomic mass is 16.4. The first-order chi connectivity index (χ1) is 9.58. The van der Waals surface area contributed by atoms with E-state index in [1.54, 1.807) is 0 Å². The van der Waals surface area contributed by atoms with Crippen molar-refractivity contribution >= 4 is 12.0 Å².